The molecule has 0 aliphatic heterocycles. The van der Waals surface area contributed by atoms with Crippen LogP contribution in [-0.2, 0) is 0 Å². The molecule has 1 aromatic carbocycles. The standard InChI is InChI=1S/C17H14FN5O2S/c1-25-15-9-8-14(21-22-15)23-26-12-6-4-11(5-7-12)20-17(24)16-13(18)3-2-10-19-16/h2-10H,1H3,(H,20,24)(H,21,23). The van der Waals surface area contributed by atoms with Crippen molar-refractivity contribution < 1.29 is 13.9 Å². The molecule has 0 bridgehead atoms. The first kappa shape index (κ1) is 17.6. The lowest BCUT2D eigenvalue weighted by Gasteiger charge is -2.07. The summed E-state index contributed by atoms with van der Waals surface area (Å²) in [5, 5.41) is 10.4. The highest BCUT2D eigenvalue weighted by molar-refractivity contribution is 8.00. The Morgan fingerprint density at radius 3 is 2.58 bits per heavy atom. The summed E-state index contributed by atoms with van der Waals surface area (Å²) >= 11 is 1.34. The molecule has 3 rings (SSSR count). The maximum absolute atomic E-state index is 13.6. The first-order chi connectivity index (χ1) is 12.7. The molecule has 2 aromatic heterocycles. The minimum atomic E-state index is -0.665. The average Bonchev–Trinajstić information content (AvgIpc) is 2.68. The van der Waals surface area contributed by atoms with Crippen LogP contribution in [0.15, 0.2) is 59.6 Å². The fourth-order valence-electron chi connectivity index (χ4n) is 1.94. The van der Waals surface area contributed by atoms with Gasteiger partial charge in [-0.2, -0.15) is 0 Å². The summed E-state index contributed by atoms with van der Waals surface area (Å²) in [5.41, 5.74) is 0.291. The van der Waals surface area contributed by atoms with Gasteiger partial charge in [-0.3, -0.25) is 4.79 Å². The molecule has 0 saturated heterocycles. The smallest absolute Gasteiger partial charge is 0.277 e. The molecule has 0 spiro atoms. The van der Waals surface area contributed by atoms with Crippen molar-refractivity contribution in [2.24, 2.45) is 0 Å². The van der Waals surface area contributed by atoms with E-state index in [1.54, 1.807) is 36.4 Å². The quantitative estimate of drug-likeness (QED) is 0.642. The lowest BCUT2D eigenvalue weighted by molar-refractivity contribution is 0.101. The number of amides is 1. The number of pyridine rings is 1. The fraction of sp³-hybridized carbons (Fsp3) is 0.0588. The first-order valence-electron chi connectivity index (χ1n) is 7.48. The van der Waals surface area contributed by atoms with Gasteiger partial charge in [0.05, 0.1) is 7.11 Å². The Bertz CT molecular complexity index is 890. The van der Waals surface area contributed by atoms with Gasteiger partial charge in [-0.15, -0.1) is 10.2 Å². The molecule has 9 heteroatoms. The largest absolute Gasteiger partial charge is 0.480 e. The Labute approximate surface area is 153 Å². The van der Waals surface area contributed by atoms with Crippen LogP contribution < -0.4 is 14.8 Å². The predicted molar refractivity (Wildman–Crippen MR) is 96.7 cm³/mol. The molecule has 0 saturated carbocycles. The first-order valence-corrected chi connectivity index (χ1v) is 8.30. The van der Waals surface area contributed by atoms with Gasteiger partial charge in [-0.05, 0) is 54.4 Å². The molecular formula is C17H14FN5O2S. The molecule has 0 fully saturated rings. The number of hydrogen-bond donors (Lipinski definition) is 2. The Morgan fingerprint density at radius 2 is 1.92 bits per heavy atom. The molecule has 2 N–H and O–H groups in total. The van der Waals surface area contributed by atoms with Crippen molar-refractivity contribution in [3.05, 3.63) is 66.2 Å². The van der Waals surface area contributed by atoms with E-state index in [1.165, 1.54) is 37.4 Å². The number of rotatable bonds is 6. The SMILES string of the molecule is COc1ccc(NSc2ccc(NC(=O)c3ncccc3F)cc2)nn1. The van der Waals surface area contributed by atoms with E-state index in [0.29, 0.717) is 17.4 Å². The number of carbonyl (C=O) groups excluding carboxylic acids is 1. The van der Waals surface area contributed by atoms with E-state index >= 15 is 0 Å². The van der Waals surface area contributed by atoms with Gasteiger partial charge in [0.2, 0.25) is 5.88 Å². The number of anilines is 2. The van der Waals surface area contributed by atoms with Gasteiger partial charge in [-0.25, -0.2) is 9.37 Å². The number of nitrogens with one attached hydrogen (secondary N) is 2. The summed E-state index contributed by atoms with van der Waals surface area (Å²) in [4.78, 5) is 16.7. The van der Waals surface area contributed by atoms with Crippen LogP contribution in [0, 0.1) is 5.82 Å². The molecule has 26 heavy (non-hydrogen) atoms. The summed E-state index contributed by atoms with van der Waals surface area (Å²) in [6.45, 7) is 0. The van der Waals surface area contributed by atoms with Crippen LogP contribution in [0.3, 0.4) is 0 Å². The lowest BCUT2D eigenvalue weighted by atomic mass is 10.3. The third-order valence-electron chi connectivity index (χ3n) is 3.21. The van der Waals surface area contributed by atoms with Crippen molar-refractivity contribution in [2.75, 3.05) is 17.1 Å². The zero-order valence-electron chi connectivity index (χ0n) is 13.6. The second-order valence-electron chi connectivity index (χ2n) is 4.98. The zero-order valence-corrected chi connectivity index (χ0v) is 14.5. The van der Waals surface area contributed by atoms with Crippen LogP contribution in [0.5, 0.6) is 5.88 Å². The highest BCUT2D eigenvalue weighted by Gasteiger charge is 2.12. The summed E-state index contributed by atoms with van der Waals surface area (Å²) in [7, 11) is 1.52. The van der Waals surface area contributed by atoms with Crippen LogP contribution in [0.25, 0.3) is 0 Å². The molecule has 0 radical (unpaired) electrons. The predicted octanol–water partition coefficient (Wildman–Crippen LogP) is 3.39. The van der Waals surface area contributed by atoms with Crippen molar-refractivity contribution >= 4 is 29.4 Å². The molecule has 0 aliphatic carbocycles. The number of halogens is 1. The topological polar surface area (TPSA) is 89.0 Å². The molecule has 132 valence electrons. The Morgan fingerprint density at radius 1 is 1.12 bits per heavy atom. The molecule has 1 amide bonds. The van der Waals surface area contributed by atoms with Crippen molar-refractivity contribution in [3.8, 4) is 5.88 Å². The number of aromatic nitrogens is 3. The highest BCUT2D eigenvalue weighted by atomic mass is 32.2. The molecule has 0 unspecified atom stereocenters. The van der Waals surface area contributed by atoms with E-state index in [9.17, 15) is 9.18 Å². The molecule has 7 nitrogen and oxygen atoms in total. The summed E-state index contributed by atoms with van der Waals surface area (Å²) in [6.07, 6.45) is 1.37. The van der Waals surface area contributed by atoms with E-state index in [-0.39, 0.29) is 5.69 Å². The fourth-order valence-corrected chi connectivity index (χ4v) is 2.55. The summed E-state index contributed by atoms with van der Waals surface area (Å²) < 4.78 is 21.6. The minimum absolute atomic E-state index is 0.245. The van der Waals surface area contributed by atoms with E-state index in [4.69, 9.17) is 4.74 Å². The number of methoxy groups -OCH3 is 1. The second-order valence-corrected chi connectivity index (χ2v) is 5.86. The van der Waals surface area contributed by atoms with Crippen LogP contribution in [0.2, 0.25) is 0 Å². The van der Waals surface area contributed by atoms with Gasteiger partial charge in [0.15, 0.2) is 17.3 Å². The molecule has 3 aromatic rings. The monoisotopic (exact) mass is 371 g/mol. The molecule has 0 atom stereocenters. The van der Waals surface area contributed by atoms with Crippen LogP contribution in [0.4, 0.5) is 15.9 Å². The van der Waals surface area contributed by atoms with Gasteiger partial charge in [0, 0.05) is 22.8 Å². The van der Waals surface area contributed by atoms with E-state index in [0.717, 1.165) is 4.90 Å². The number of nitrogens with zero attached hydrogens (tertiary/aromatic N) is 3. The Kier molecular flexibility index (Phi) is 5.59. The number of carbonyl (C=O) groups is 1. The minimum Gasteiger partial charge on any atom is -0.480 e. The van der Waals surface area contributed by atoms with E-state index in [1.807, 2.05) is 0 Å². The van der Waals surface area contributed by atoms with Crippen LogP contribution >= 0.6 is 11.9 Å². The van der Waals surface area contributed by atoms with Crippen LogP contribution in [-0.4, -0.2) is 28.2 Å². The van der Waals surface area contributed by atoms with E-state index in [2.05, 4.69) is 25.2 Å². The third-order valence-corrected chi connectivity index (χ3v) is 4.03. The molecule has 2 heterocycles. The van der Waals surface area contributed by atoms with Gasteiger partial charge in [0.1, 0.15) is 0 Å². The Hall–Kier alpha value is -3.20. The van der Waals surface area contributed by atoms with Crippen molar-refractivity contribution in [1.82, 2.24) is 15.2 Å². The van der Waals surface area contributed by atoms with Crippen molar-refractivity contribution in [1.29, 1.82) is 0 Å². The van der Waals surface area contributed by atoms with Crippen molar-refractivity contribution in [2.45, 2.75) is 4.90 Å². The number of hydrogen-bond acceptors (Lipinski definition) is 7. The lowest BCUT2D eigenvalue weighted by Crippen LogP contribution is -2.15. The average molecular weight is 371 g/mol. The second kappa shape index (κ2) is 8.26. The highest BCUT2D eigenvalue weighted by Crippen LogP contribution is 2.22. The maximum atomic E-state index is 13.6. The maximum Gasteiger partial charge on any atom is 0.277 e. The number of ether oxygens (including phenoxy) is 1. The van der Waals surface area contributed by atoms with Crippen molar-refractivity contribution in [3.63, 3.8) is 0 Å². The summed E-state index contributed by atoms with van der Waals surface area (Å²) in [5.74, 6) is -0.249. The van der Waals surface area contributed by atoms with Gasteiger partial charge in [0.25, 0.3) is 5.91 Å². The normalized spacial score (nSPS) is 10.2. The van der Waals surface area contributed by atoms with Gasteiger partial charge in [-0.1, -0.05) is 0 Å². The van der Waals surface area contributed by atoms with Crippen LogP contribution in [0.1, 0.15) is 10.5 Å². The third kappa shape index (κ3) is 4.45. The molecular weight excluding hydrogens is 357 g/mol. The summed E-state index contributed by atoms with van der Waals surface area (Å²) in [6, 6.07) is 13.1. The zero-order chi connectivity index (χ0) is 18.4. The number of benzene rings is 1. The van der Waals surface area contributed by atoms with E-state index < -0.39 is 11.7 Å². The van der Waals surface area contributed by atoms with Gasteiger partial charge >= 0.3 is 0 Å². The Balaban J connectivity index is 1.57. The molecule has 0 aliphatic rings. The van der Waals surface area contributed by atoms with Gasteiger partial charge < -0.3 is 14.8 Å².